The molecule has 12 nitrogen and oxygen atoms in total. The zero-order chi connectivity index (χ0) is 0. The largest absolute Gasteiger partial charge is 4.00 e. The quantitative estimate of drug-likeness (QED) is 0.420. The Morgan fingerprint density at radius 1 is 0.231 bits per heavy atom. The Bertz CT molecular complexity index is 5.09. The van der Waals surface area contributed by atoms with Crippen LogP contribution in [0.5, 0.6) is 0 Å². The molecular weight excluding hydrogens is 283 g/mol. The third-order valence-electron chi connectivity index (χ3n) is 0. The van der Waals surface area contributed by atoms with Gasteiger partial charge in [0.25, 0.3) is 0 Å². The SMILES string of the molecule is O.O.O.O.O.O.O.O.[OH-].[OH-].[OH-].[OH-].[Zr+4]. The topological polar surface area (TPSA) is 372 Å². The first-order chi connectivity index (χ1) is 0. The van der Waals surface area contributed by atoms with Crippen molar-refractivity contribution < 1.29 is 91.9 Å². The molecule has 0 heterocycles. The molecule has 0 atom stereocenters. The maximum absolute atomic E-state index is 0. The van der Waals surface area contributed by atoms with Gasteiger partial charge in [-0.1, -0.05) is 0 Å². The summed E-state index contributed by atoms with van der Waals surface area (Å²) in [6.45, 7) is 0. The van der Waals surface area contributed by atoms with E-state index in [0.29, 0.717) is 0 Å². The molecule has 0 bridgehead atoms. The summed E-state index contributed by atoms with van der Waals surface area (Å²) in [5, 5.41) is 0. The fourth-order valence-corrected chi connectivity index (χ4v) is 0. The molecule has 0 aliphatic heterocycles. The zero-order valence-corrected chi connectivity index (χ0v) is 8.75. The van der Waals surface area contributed by atoms with E-state index in [9.17, 15) is 0 Å². The molecule has 0 saturated carbocycles. The monoisotopic (exact) mass is 302 g/mol. The van der Waals surface area contributed by atoms with Crippen molar-refractivity contribution >= 4 is 0 Å². The maximum Gasteiger partial charge on any atom is 4.00 e. The van der Waals surface area contributed by atoms with Crippen LogP contribution in [0.25, 0.3) is 0 Å². The van der Waals surface area contributed by atoms with Gasteiger partial charge < -0.3 is 65.7 Å². The molecule has 0 aliphatic rings. The minimum Gasteiger partial charge on any atom is -0.870 e. The van der Waals surface area contributed by atoms with Gasteiger partial charge in [-0.2, -0.15) is 0 Å². The van der Waals surface area contributed by atoms with Crippen LogP contribution in [0.2, 0.25) is 0 Å². The molecule has 0 saturated heterocycles. The van der Waals surface area contributed by atoms with Gasteiger partial charge >= 0.3 is 26.2 Å². The number of rotatable bonds is 0. The van der Waals surface area contributed by atoms with E-state index in [4.69, 9.17) is 0 Å². The summed E-state index contributed by atoms with van der Waals surface area (Å²) in [7, 11) is 0. The van der Waals surface area contributed by atoms with Crippen LogP contribution in [0.1, 0.15) is 0 Å². The summed E-state index contributed by atoms with van der Waals surface area (Å²) >= 11 is 0. The molecule has 0 fully saturated rings. The minimum absolute atomic E-state index is 0. The van der Waals surface area contributed by atoms with Gasteiger partial charge in [-0.25, -0.2) is 0 Å². The average Bonchev–Trinajstić information content (AvgIpc) is 0. The Labute approximate surface area is 92.4 Å². The molecule has 13 heteroatoms. The molecule has 13 heavy (non-hydrogen) atoms. The second kappa shape index (κ2) is 9920. The van der Waals surface area contributed by atoms with Gasteiger partial charge in [-0.05, 0) is 0 Å². The third-order valence-corrected chi connectivity index (χ3v) is 0. The normalized spacial score (nSPS) is 0. The molecule has 0 spiro atoms. The van der Waals surface area contributed by atoms with Crippen LogP contribution >= 0.6 is 0 Å². The van der Waals surface area contributed by atoms with E-state index in [1.54, 1.807) is 0 Å². The molecule has 0 aromatic heterocycles. The van der Waals surface area contributed by atoms with Gasteiger partial charge in [-0.15, -0.1) is 0 Å². The Kier molecular flexibility index (Phi) is 9690000. The van der Waals surface area contributed by atoms with Crippen molar-refractivity contribution in [2.75, 3.05) is 0 Å². The van der Waals surface area contributed by atoms with Crippen LogP contribution in [0.3, 0.4) is 0 Å². The Morgan fingerprint density at radius 3 is 0.231 bits per heavy atom. The van der Waals surface area contributed by atoms with Crippen molar-refractivity contribution in [3.63, 3.8) is 0 Å². The van der Waals surface area contributed by atoms with Gasteiger partial charge in [0.15, 0.2) is 0 Å². The van der Waals surface area contributed by atoms with E-state index in [1.807, 2.05) is 0 Å². The van der Waals surface area contributed by atoms with Crippen molar-refractivity contribution in [1.82, 2.24) is 0 Å². The summed E-state index contributed by atoms with van der Waals surface area (Å²) < 4.78 is 0. The molecule has 20 N–H and O–H groups in total. The maximum atomic E-state index is 0. The molecule has 0 amide bonds. The first kappa shape index (κ1) is 12700. The van der Waals surface area contributed by atoms with Crippen molar-refractivity contribution in [2.45, 2.75) is 0 Å². The summed E-state index contributed by atoms with van der Waals surface area (Å²) in [4.78, 5) is 0. The van der Waals surface area contributed by atoms with Crippen LogP contribution in [-0.4, -0.2) is 65.7 Å². The second-order valence-electron chi connectivity index (χ2n) is 0. The van der Waals surface area contributed by atoms with Crippen molar-refractivity contribution in [3.05, 3.63) is 0 Å². The fraction of sp³-hybridized carbons (Fsp3) is 0. The van der Waals surface area contributed by atoms with Crippen LogP contribution < -0.4 is 0 Å². The van der Waals surface area contributed by atoms with Crippen LogP contribution in [-0.2, 0) is 26.2 Å². The van der Waals surface area contributed by atoms with E-state index in [2.05, 4.69) is 0 Å². The van der Waals surface area contributed by atoms with Gasteiger partial charge in [0.05, 0.1) is 0 Å². The fourth-order valence-electron chi connectivity index (χ4n) is 0. The van der Waals surface area contributed by atoms with Gasteiger partial charge in [-0.3, -0.25) is 0 Å². The predicted octanol–water partition coefficient (Wildman–Crippen LogP) is -7.31. The standard InChI is InChI=1S/12H2O.Zr/h12*1H2;/q;;;;;;;;;;;;+4/p-4. The summed E-state index contributed by atoms with van der Waals surface area (Å²) in [6, 6.07) is 0. The number of hydrogen-bond acceptors (Lipinski definition) is 4. The Hall–Kier alpha value is 0.403. The van der Waals surface area contributed by atoms with Gasteiger partial charge in [0, 0.05) is 0 Å². The molecule has 0 radical (unpaired) electrons. The molecule has 0 rings (SSSR count). The van der Waals surface area contributed by atoms with Crippen LogP contribution in [0, 0.1) is 0 Å². The summed E-state index contributed by atoms with van der Waals surface area (Å²) in [6.07, 6.45) is 0. The van der Waals surface area contributed by atoms with Crippen molar-refractivity contribution in [3.8, 4) is 0 Å². The molecule has 0 unspecified atom stereocenters. The molecule has 0 aliphatic carbocycles. The average molecular weight is 303 g/mol. The van der Waals surface area contributed by atoms with Crippen LogP contribution in [0.4, 0.5) is 0 Å². The third kappa shape index (κ3) is 8260. The van der Waals surface area contributed by atoms with E-state index < -0.39 is 0 Å². The predicted molar refractivity (Wildman–Crippen MR) is 36.7 cm³/mol. The van der Waals surface area contributed by atoms with Gasteiger partial charge in [0.1, 0.15) is 0 Å². The molecular formula is H20O12Zr. The molecule has 0 aromatic carbocycles. The Morgan fingerprint density at radius 2 is 0.231 bits per heavy atom. The van der Waals surface area contributed by atoms with Gasteiger partial charge in [0.2, 0.25) is 0 Å². The van der Waals surface area contributed by atoms with Crippen LogP contribution in [0.15, 0.2) is 0 Å². The summed E-state index contributed by atoms with van der Waals surface area (Å²) in [5.41, 5.74) is 0. The molecule has 96 valence electrons. The minimum atomic E-state index is 0. The van der Waals surface area contributed by atoms with E-state index >= 15 is 0 Å². The first-order valence-corrected chi connectivity index (χ1v) is 0. The van der Waals surface area contributed by atoms with E-state index in [1.165, 1.54) is 0 Å². The molecule has 0 aromatic rings. The van der Waals surface area contributed by atoms with E-state index in [0.717, 1.165) is 0 Å². The van der Waals surface area contributed by atoms with Crippen molar-refractivity contribution in [2.24, 2.45) is 0 Å². The smallest absolute Gasteiger partial charge is 0.870 e. The van der Waals surface area contributed by atoms with E-state index in [-0.39, 0.29) is 91.9 Å². The number of hydrogen-bond donors (Lipinski definition) is 0. The van der Waals surface area contributed by atoms with Crippen molar-refractivity contribution in [1.29, 1.82) is 0 Å². The summed E-state index contributed by atoms with van der Waals surface area (Å²) in [5.74, 6) is 0. The zero-order valence-electron chi connectivity index (χ0n) is 6.29. The Balaban J connectivity index is 0. The first-order valence-electron chi connectivity index (χ1n) is 0. The second-order valence-corrected chi connectivity index (χ2v) is 0.